The summed E-state index contributed by atoms with van der Waals surface area (Å²) in [5, 5.41) is 13.0. The topological polar surface area (TPSA) is 438 Å². The Balaban J connectivity index is 0.00000151. The van der Waals surface area contributed by atoms with Gasteiger partial charge in [0.2, 0.25) is 43.7 Å². The molecule has 1 saturated heterocycles. The molecule has 8 radical (unpaired) electrons. The van der Waals surface area contributed by atoms with Crippen molar-refractivity contribution in [1.82, 2.24) is 45.6 Å². The largest absolute Gasteiger partial charge is 0.490 e. The van der Waals surface area contributed by atoms with Gasteiger partial charge in [-0.3, -0.25) is 19.2 Å². The lowest BCUT2D eigenvalue weighted by atomic mass is 10.1. The van der Waals surface area contributed by atoms with Crippen molar-refractivity contribution in [2.45, 2.75) is 209 Å². The molecule has 1 fully saturated rings. The lowest BCUT2D eigenvalue weighted by molar-refractivity contribution is -0.195. The highest BCUT2D eigenvalue weighted by Gasteiger charge is 2.39. The van der Waals surface area contributed by atoms with Crippen LogP contribution in [0.25, 0.3) is 0 Å². The first-order valence-electron chi connectivity index (χ1n) is 39.3. The molecule has 680 valence electrons. The van der Waals surface area contributed by atoms with Crippen molar-refractivity contribution in [3.63, 3.8) is 0 Å². The molecule has 4 atom stereocenters. The van der Waals surface area contributed by atoms with E-state index >= 15 is 0 Å². The van der Waals surface area contributed by atoms with Crippen LogP contribution < -0.4 is 21.0 Å². The molecule has 0 bridgehead atoms. The first kappa shape index (κ1) is 114. The monoisotopic (exact) mass is 1830 g/mol. The lowest BCUT2D eigenvalue weighted by Crippen LogP contribution is -2.33. The Morgan fingerprint density at radius 3 is 0.951 bits per heavy atom. The number of hydrogen-bond acceptors (Lipinski definition) is 25. The lowest BCUT2D eigenvalue weighted by Gasteiger charge is -2.20. The molecule has 123 heavy (non-hydrogen) atoms. The first-order chi connectivity index (χ1) is 57.9. The van der Waals surface area contributed by atoms with Crippen molar-refractivity contribution in [3.8, 4) is 0 Å². The van der Waals surface area contributed by atoms with Crippen LogP contribution in [-0.4, -0.2) is 276 Å². The van der Waals surface area contributed by atoms with Gasteiger partial charge in [0, 0.05) is 60.8 Å². The number of carbonyl (C=O) groups excluding carboxylic acids is 9. The van der Waals surface area contributed by atoms with Gasteiger partial charge in [0.25, 0.3) is 11.8 Å². The zero-order valence-electron chi connectivity index (χ0n) is 70.8. The molecule has 5 N–H and O–H groups in total. The summed E-state index contributed by atoms with van der Waals surface area (Å²) in [6, 6.07) is 32.4. The highest BCUT2D eigenvalue weighted by Crippen LogP contribution is 2.27. The van der Waals surface area contributed by atoms with E-state index in [2.05, 4.69) is 15.1 Å². The number of unbranched alkanes of at least 4 members (excludes halogenated alkanes) is 12. The summed E-state index contributed by atoms with van der Waals surface area (Å²) in [5.41, 5.74) is 0. The Labute approximate surface area is 731 Å². The molecule has 1 aliphatic heterocycles. The SMILES string of the molecule is CC(=O)ON1C(=O)CCC1=O.O=C(O)C(F)(F)F.[B]N(CCl)C(=O)OCC(CCCCCCN(C)C(C)=O)S(=O)(=O)c1ccccc1.[B]NC(=O)OCC(CCCCCCN(C)C(C)=O)S(=O)(=O)c1ccccc1.[B]NC(=O)OCC(CCCCCCN(C)C)S(=O)(=O)c1ccccc1.[B]NC(=O)OCC(CCCCCCNC)S(=O)(=O)c1ccccc1. The summed E-state index contributed by atoms with van der Waals surface area (Å²) in [6.45, 7) is 6.53. The Bertz CT molecular complexity index is 4240. The van der Waals surface area contributed by atoms with Crippen LogP contribution in [0.5, 0.6) is 0 Å². The van der Waals surface area contributed by atoms with E-state index in [0.29, 0.717) is 61.5 Å². The normalized spacial score (nSPS) is 12.8. The minimum Gasteiger partial charge on any atom is -0.475 e. The van der Waals surface area contributed by atoms with Crippen LogP contribution in [0.15, 0.2) is 141 Å². The summed E-state index contributed by atoms with van der Waals surface area (Å²) < 4.78 is 154. The van der Waals surface area contributed by atoms with Gasteiger partial charge in [0.05, 0.1) is 25.6 Å². The summed E-state index contributed by atoms with van der Waals surface area (Å²) in [6.07, 6.45) is 7.41. The van der Waals surface area contributed by atoms with Crippen molar-refractivity contribution in [1.29, 1.82) is 0 Å². The molecule has 4 aromatic carbocycles. The maximum atomic E-state index is 13.0. The number of rotatable bonds is 46. The molecule has 0 aliphatic carbocycles. The van der Waals surface area contributed by atoms with E-state index in [1.54, 1.807) is 121 Å². The zero-order chi connectivity index (χ0) is 93.2. The Morgan fingerprint density at radius 2 is 0.715 bits per heavy atom. The number of nitrogens with zero attached hydrogens (tertiary/aromatic N) is 5. The minimum atomic E-state index is -5.08. The predicted molar refractivity (Wildman–Crippen MR) is 458 cm³/mol. The fourth-order valence-corrected chi connectivity index (χ4v) is 17.6. The minimum absolute atomic E-state index is 0.0201. The Morgan fingerprint density at radius 1 is 0.455 bits per heavy atom. The number of carboxylic acid groups (broad SMARTS) is 1. The number of benzene rings is 4. The van der Waals surface area contributed by atoms with Crippen LogP contribution >= 0.6 is 11.6 Å². The predicted octanol–water partition coefficient (Wildman–Crippen LogP) is 9.25. The van der Waals surface area contributed by atoms with Crippen molar-refractivity contribution in [2.24, 2.45) is 0 Å². The quantitative estimate of drug-likeness (QED) is 0.00686. The van der Waals surface area contributed by atoms with E-state index in [9.17, 15) is 90.0 Å². The van der Waals surface area contributed by atoms with E-state index in [1.807, 2.05) is 36.8 Å². The van der Waals surface area contributed by atoms with Crippen LogP contribution in [0.2, 0.25) is 0 Å². The third-order valence-electron chi connectivity index (χ3n) is 18.0. The zero-order valence-corrected chi connectivity index (χ0v) is 74.8. The molecule has 45 heteroatoms. The molecule has 33 nitrogen and oxygen atoms in total. The van der Waals surface area contributed by atoms with Crippen LogP contribution in [0.3, 0.4) is 0 Å². The summed E-state index contributed by atoms with van der Waals surface area (Å²) in [5.74, 6) is -4.28. The molecule has 0 aromatic heterocycles. The number of hydroxylamine groups is 2. The molecule has 1 aliphatic rings. The Kier molecular flexibility index (Phi) is 58.4. The van der Waals surface area contributed by atoms with E-state index in [4.69, 9.17) is 72.4 Å². The highest BCUT2D eigenvalue weighted by atomic mass is 35.5. The van der Waals surface area contributed by atoms with Gasteiger partial charge in [0.15, 0.2) is 39.3 Å². The van der Waals surface area contributed by atoms with E-state index in [1.165, 1.54) is 38.1 Å². The van der Waals surface area contributed by atoms with Crippen LogP contribution in [0.1, 0.15) is 162 Å². The molecular formula is C78H115B4ClF3N9O24S4. The van der Waals surface area contributed by atoms with Crippen LogP contribution in [0.4, 0.5) is 32.3 Å². The fraction of sp³-hybridized carbons (Fsp3) is 0.564. The molecule has 8 amide bonds. The van der Waals surface area contributed by atoms with Gasteiger partial charge in [0.1, 0.15) is 47.4 Å². The second-order valence-electron chi connectivity index (χ2n) is 27.9. The number of nitrogens with one attached hydrogen (secondary N) is 4. The maximum absolute atomic E-state index is 13.0. The smallest absolute Gasteiger partial charge is 0.475 e. The molecule has 4 unspecified atom stereocenters. The number of alkyl halides is 4. The molecular weight excluding hydrogens is 1710 g/mol. The van der Waals surface area contributed by atoms with E-state index in [0.717, 1.165) is 110 Å². The molecule has 4 aromatic rings. The number of sulfone groups is 4. The maximum Gasteiger partial charge on any atom is 0.490 e. The van der Waals surface area contributed by atoms with Crippen molar-refractivity contribution in [2.75, 3.05) is 93.8 Å². The van der Waals surface area contributed by atoms with Gasteiger partial charge in [-0.15, -0.1) is 16.7 Å². The number of aliphatic carboxylic acids is 1. The number of imide groups is 1. The first-order valence-corrected chi connectivity index (χ1v) is 46.0. The molecule has 0 saturated carbocycles. The second kappa shape index (κ2) is 63.0. The van der Waals surface area contributed by atoms with Gasteiger partial charge in [-0.1, -0.05) is 150 Å². The third-order valence-corrected chi connectivity index (χ3v) is 27.0. The molecule has 0 spiro atoms. The van der Waals surface area contributed by atoms with Gasteiger partial charge in [-0.25, -0.2) is 62.4 Å². The number of carbonyl (C=O) groups is 10. The van der Waals surface area contributed by atoms with Gasteiger partial charge in [-0.05, 0) is 134 Å². The molecule has 1 heterocycles. The summed E-state index contributed by atoms with van der Waals surface area (Å²) in [7, 11) is 15.4. The van der Waals surface area contributed by atoms with Gasteiger partial charge < -0.3 is 69.4 Å². The fourth-order valence-electron chi connectivity index (χ4n) is 10.9. The summed E-state index contributed by atoms with van der Waals surface area (Å²) in [4.78, 5) is 120. The number of amides is 8. The highest BCUT2D eigenvalue weighted by molar-refractivity contribution is 7.93. The van der Waals surface area contributed by atoms with Gasteiger partial charge in [-0.2, -0.15) is 13.2 Å². The number of carboxylic acids is 1. The Hall–Kier alpha value is -8.96. The second-order valence-corrected chi connectivity index (χ2v) is 37.0. The van der Waals surface area contributed by atoms with E-state index < -0.39 is 115 Å². The number of ether oxygens (including phenoxy) is 4. The van der Waals surface area contributed by atoms with Crippen LogP contribution in [-0.2, 0) is 91.9 Å². The average Bonchev–Trinajstić information content (AvgIpc) is 1.63. The van der Waals surface area contributed by atoms with E-state index in [-0.39, 0.29) is 76.7 Å². The van der Waals surface area contributed by atoms with Crippen molar-refractivity contribution < 1.29 is 124 Å². The summed E-state index contributed by atoms with van der Waals surface area (Å²) >= 11 is 5.48. The van der Waals surface area contributed by atoms with Crippen molar-refractivity contribution in [3.05, 3.63) is 121 Å². The number of hydrogen-bond donors (Lipinski definition) is 5. The number of halogens is 4. The van der Waals surface area contributed by atoms with Crippen molar-refractivity contribution >= 4 is 143 Å². The van der Waals surface area contributed by atoms with Gasteiger partial charge >= 0.3 is 42.5 Å². The third kappa shape index (κ3) is 48.8. The average molecular weight is 1830 g/mol. The van der Waals surface area contributed by atoms with Crippen LogP contribution in [0, 0.1) is 0 Å². The standard InChI is InChI=1S/C19H28BClN2O5S.C18H27BN2O5S.C17H27BN2O4S.C16H25BN2O4S.C6H7NO4.C2HF3O2/c1-16(24)22(2)13-9-4-3-6-12-18(14-28-19(25)23(20)15-21)29(26,27)17-10-7-5-8-11-17;1-15(22)21(2)13-9-4-3-6-12-17(14-26-18(23)20-19)27(24,25)16-10-7-5-8-11-16;1-20(2)13-9-4-3-6-12-16(14-24-17(21)19-18)25(22,23)15-10-7-5-8-11-15;1-18-12-8-3-2-5-11-15(13-23-16(20)19-17)24(21,22)14-9-6-4-7-10-14;1-4(8)11-7-5(9)2-3-6(7)10;3-2(4,5)1(6)7/h5,7-8,10-11,18H,3-4,6,9,12-15H2,1-2H3;5,7-8,10-11,17H,3-4,6,9,12-14H2,1-2H3,(H,20,23);5,7-8,10-11,16H,3-4,6,9,12-14H2,1-2H3,(H,19,21);4,6-7,9-10,15,18H,2-3,5,8,11-13H2,1H3,(H,19,20);2-3H2,1H3;(H,6,7). The molecule has 5 rings (SSSR count).